The quantitative estimate of drug-likeness (QED) is 0.938. The lowest BCUT2D eigenvalue weighted by Crippen LogP contribution is -2.49. The van der Waals surface area contributed by atoms with Crippen LogP contribution in [0.15, 0.2) is 48.5 Å². The minimum absolute atomic E-state index is 0.0754. The van der Waals surface area contributed by atoms with E-state index in [1.54, 1.807) is 24.3 Å². The maximum atomic E-state index is 13.8. The molecule has 2 aromatic carbocycles. The number of anilines is 1. The standard InChI is InChI=1S/C19H21FN2O2/c20-16-6-2-3-7-17(16)21-11-13-22(14-12-21)19(24)10-9-15-5-1-4-8-18(15)23/h1-8,23H,9-14H2. The summed E-state index contributed by atoms with van der Waals surface area (Å²) >= 11 is 0. The molecule has 3 rings (SSSR count). The second-order valence-electron chi connectivity index (χ2n) is 5.95. The minimum Gasteiger partial charge on any atom is -0.508 e. The summed E-state index contributed by atoms with van der Waals surface area (Å²) in [7, 11) is 0. The SMILES string of the molecule is O=C(CCc1ccccc1O)N1CCN(c2ccccc2F)CC1. The zero-order chi connectivity index (χ0) is 16.9. The van der Waals surface area contributed by atoms with Crippen LogP contribution < -0.4 is 4.90 Å². The Kier molecular flexibility index (Phi) is 4.99. The summed E-state index contributed by atoms with van der Waals surface area (Å²) in [5.74, 6) is 0.0814. The van der Waals surface area contributed by atoms with E-state index < -0.39 is 0 Å². The fourth-order valence-electron chi connectivity index (χ4n) is 3.03. The summed E-state index contributed by atoms with van der Waals surface area (Å²) in [5, 5.41) is 9.75. The number of carbonyl (C=O) groups excluding carboxylic acids is 1. The van der Waals surface area contributed by atoms with Crippen LogP contribution in [0.3, 0.4) is 0 Å². The molecule has 0 spiro atoms. The van der Waals surface area contributed by atoms with E-state index in [0.29, 0.717) is 44.7 Å². The molecule has 126 valence electrons. The number of nitrogens with zero attached hydrogens (tertiary/aromatic N) is 2. The average molecular weight is 328 g/mol. The summed E-state index contributed by atoms with van der Waals surface area (Å²) in [6, 6.07) is 13.8. The summed E-state index contributed by atoms with van der Waals surface area (Å²) in [6.45, 7) is 2.44. The largest absolute Gasteiger partial charge is 0.508 e. The molecule has 0 atom stereocenters. The van der Waals surface area contributed by atoms with E-state index in [1.165, 1.54) is 6.07 Å². The molecule has 2 aromatic rings. The highest BCUT2D eigenvalue weighted by Gasteiger charge is 2.22. The molecule has 0 bridgehead atoms. The van der Waals surface area contributed by atoms with Gasteiger partial charge in [-0.2, -0.15) is 0 Å². The van der Waals surface area contributed by atoms with E-state index in [4.69, 9.17) is 0 Å². The maximum Gasteiger partial charge on any atom is 0.223 e. The Balaban J connectivity index is 1.52. The van der Waals surface area contributed by atoms with Gasteiger partial charge in [-0.25, -0.2) is 4.39 Å². The number of carbonyl (C=O) groups is 1. The van der Waals surface area contributed by atoms with Crippen molar-refractivity contribution < 1.29 is 14.3 Å². The molecule has 5 heteroatoms. The van der Waals surface area contributed by atoms with Crippen LogP contribution in [-0.4, -0.2) is 42.1 Å². The third kappa shape index (κ3) is 3.67. The van der Waals surface area contributed by atoms with Crippen molar-refractivity contribution in [3.8, 4) is 5.75 Å². The molecule has 1 N–H and O–H groups in total. The summed E-state index contributed by atoms with van der Waals surface area (Å²) in [5.41, 5.74) is 1.38. The number of aromatic hydroxyl groups is 1. The molecule has 1 amide bonds. The van der Waals surface area contributed by atoms with Crippen LogP contribution in [0.4, 0.5) is 10.1 Å². The van der Waals surface area contributed by atoms with E-state index in [9.17, 15) is 14.3 Å². The minimum atomic E-state index is -0.225. The lowest BCUT2D eigenvalue weighted by molar-refractivity contribution is -0.131. The lowest BCUT2D eigenvalue weighted by Gasteiger charge is -2.36. The van der Waals surface area contributed by atoms with E-state index in [-0.39, 0.29) is 17.5 Å². The smallest absolute Gasteiger partial charge is 0.223 e. The Labute approximate surface area is 141 Å². The van der Waals surface area contributed by atoms with Crippen molar-refractivity contribution in [2.75, 3.05) is 31.1 Å². The van der Waals surface area contributed by atoms with Crippen molar-refractivity contribution in [2.45, 2.75) is 12.8 Å². The first-order valence-electron chi connectivity index (χ1n) is 8.19. The number of hydrogen-bond donors (Lipinski definition) is 1. The topological polar surface area (TPSA) is 43.8 Å². The zero-order valence-electron chi connectivity index (χ0n) is 13.5. The Morgan fingerprint density at radius 2 is 1.67 bits per heavy atom. The number of phenolic OH excluding ortho intramolecular Hbond substituents is 1. The molecule has 0 aromatic heterocycles. The number of piperazine rings is 1. The van der Waals surface area contributed by atoms with Gasteiger partial charge in [0, 0.05) is 32.6 Å². The highest BCUT2D eigenvalue weighted by molar-refractivity contribution is 5.77. The van der Waals surface area contributed by atoms with E-state index in [0.717, 1.165) is 5.56 Å². The number of aryl methyl sites for hydroxylation is 1. The third-order valence-corrected chi connectivity index (χ3v) is 4.43. The van der Waals surface area contributed by atoms with Crippen molar-refractivity contribution in [3.05, 3.63) is 59.9 Å². The van der Waals surface area contributed by atoms with Crippen molar-refractivity contribution in [1.82, 2.24) is 4.90 Å². The number of hydrogen-bond acceptors (Lipinski definition) is 3. The van der Waals surface area contributed by atoms with Crippen molar-refractivity contribution in [1.29, 1.82) is 0 Å². The highest BCUT2D eigenvalue weighted by Crippen LogP contribution is 2.21. The molecule has 1 aliphatic rings. The van der Waals surface area contributed by atoms with Crippen LogP contribution in [-0.2, 0) is 11.2 Å². The predicted molar refractivity (Wildman–Crippen MR) is 91.6 cm³/mol. The molecule has 24 heavy (non-hydrogen) atoms. The normalized spacial score (nSPS) is 14.7. The van der Waals surface area contributed by atoms with Gasteiger partial charge in [-0.1, -0.05) is 30.3 Å². The molecule has 0 radical (unpaired) electrons. The van der Waals surface area contributed by atoms with Crippen LogP contribution in [0.1, 0.15) is 12.0 Å². The molecular weight excluding hydrogens is 307 g/mol. The number of phenols is 1. The number of halogens is 1. The van der Waals surface area contributed by atoms with Gasteiger partial charge in [-0.3, -0.25) is 4.79 Å². The van der Waals surface area contributed by atoms with E-state index in [1.807, 2.05) is 28.0 Å². The Morgan fingerprint density at radius 1 is 1.00 bits per heavy atom. The van der Waals surface area contributed by atoms with Gasteiger partial charge in [-0.15, -0.1) is 0 Å². The molecule has 1 fully saturated rings. The predicted octanol–water partition coefficient (Wildman–Crippen LogP) is 2.81. The molecular formula is C19H21FN2O2. The van der Waals surface area contributed by atoms with Crippen LogP contribution in [0.2, 0.25) is 0 Å². The first-order chi connectivity index (χ1) is 11.6. The number of rotatable bonds is 4. The number of amides is 1. The Morgan fingerprint density at radius 3 is 2.38 bits per heavy atom. The summed E-state index contributed by atoms with van der Waals surface area (Å²) < 4.78 is 13.8. The molecule has 1 aliphatic heterocycles. The van der Waals surface area contributed by atoms with Gasteiger partial charge >= 0.3 is 0 Å². The second-order valence-corrected chi connectivity index (χ2v) is 5.95. The molecule has 1 saturated heterocycles. The lowest BCUT2D eigenvalue weighted by atomic mass is 10.1. The van der Waals surface area contributed by atoms with Gasteiger partial charge < -0.3 is 14.9 Å². The fourth-order valence-corrected chi connectivity index (χ4v) is 3.03. The van der Waals surface area contributed by atoms with E-state index in [2.05, 4.69) is 0 Å². The molecule has 0 unspecified atom stereocenters. The van der Waals surface area contributed by atoms with Crippen LogP contribution in [0.5, 0.6) is 5.75 Å². The van der Waals surface area contributed by atoms with Crippen molar-refractivity contribution >= 4 is 11.6 Å². The number of benzene rings is 2. The van der Waals surface area contributed by atoms with Crippen molar-refractivity contribution in [3.63, 3.8) is 0 Å². The van der Waals surface area contributed by atoms with Gasteiger partial charge in [0.05, 0.1) is 5.69 Å². The van der Waals surface area contributed by atoms with Crippen LogP contribution in [0, 0.1) is 5.82 Å². The summed E-state index contributed by atoms with van der Waals surface area (Å²) in [6.07, 6.45) is 0.899. The molecule has 4 nitrogen and oxygen atoms in total. The van der Waals surface area contributed by atoms with Crippen molar-refractivity contribution in [2.24, 2.45) is 0 Å². The van der Waals surface area contributed by atoms with Gasteiger partial charge in [0.1, 0.15) is 11.6 Å². The Hall–Kier alpha value is -2.56. The van der Waals surface area contributed by atoms with Crippen LogP contribution >= 0.6 is 0 Å². The molecule has 1 heterocycles. The van der Waals surface area contributed by atoms with Crippen LogP contribution in [0.25, 0.3) is 0 Å². The van der Waals surface area contributed by atoms with Gasteiger partial charge in [-0.05, 0) is 30.2 Å². The first kappa shape index (κ1) is 16.3. The first-order valence-corrected chi connectivity index (χ1v) is 8.19. The second kappa shape index (κ2) is 7.34. The van der Waals surface area contributed by atoms with Gasteiger partial charge in [0.15, 0.2) is 0 Å². The third-order valence-electron chi connectivity index (χ3n) is 4.43. The highest BCUT2D eigenvalue weighted by atomic mass is 19.1. The van der Waals surface area contributed by atoms with E-state index >= 15 is 0 Å². The fraction of sp³-hybridized carbons (Fsp3) is 0.316. The average Bonchev–Trinajstić information content (AvgIpc) is 2.61. The monoisotopic (exact) mass is 328 g/mol. The number of para-hydroxylation sites is 2. The Bertz CT molecular complexity index is 712. The maximum absolute atomic E-state index is 13.8. The molecule has 0 saturated carbocycles. The summed E-state index contributed by atoms with van der Waals surface area (Å²) in [4.78, 5) is 16.1. The van der Waals surface area contributed by atoms with Gasteiger partial charge in [0.2, 0.25) is 5.91 Å². The zero-order valence-corrected chi connectivity index (χ0v) is 13.5. The van der Waals surface area contributed by atoms with Gasteiger partial charge in [0.25, 0.3) is 0 Å². The molecule has 0 aliphatic carbocycles.